The second kappa shape index (κ2) is 5.91. The number of rotatable bonds is 3. The highest BCUT2D eigenvalue weighted by Gasteiger charge is 2.46. The predicted octanol–water partition coefficient (Wildman–Crippen LogP) is 4.18. The molecule has 0 bridgehead atoms. The van der Waals surface area contributed by atoms with Crippen LogP contribution in [0.2, 0.25) is 0 Å². The van der Waals surface area contributed by atoms with E-state index < -0.39 is 15.6 Å². The monoisotopic (exact) mass is 404 g/mol. The second-order valence-corrected chi connectivity index (χ2v) is 9.07. The van der Waals surface area contributed by atoms with Gasteiger partial charge in [0.25, 0.3) is 10.0 Å². The van der Waals surface area contributed by atoms with Gasteiger partial charge in [-0.25, -0.2) is 8.42 Å². The van der Waals surface area contributed by atoms with E-state index in [-0.39, 0.29) is 11.3 Å². The maximum atomic E-state index is 13.3. The smallest absolute Gasteiger partial charge is 0.259 e. The van der Waals surface area contributed by atoms with Crippen LogP contribution in [0, 0.1) is 18.3 Å². The third-order valence-electron chi connectivity index (χ3n) is 4.34. The molecule has 1 aliphatic rings. The van der Waals surface area contributed by atoms with Crippen molar-refractivity contribution in [3.05, 3.63) is 58.1 Å². The van der Waals surface area contributed by atoms with Crippen LogP contribution in [0.25, 0.3) is 0 Å². The van der Waals surface area contributed by atoms with E-state index in [0.29, 0.717) is 12.1 Å². The van der Waals surface area contributed by atoms with E-state index in [1.165, 1.54) is 4.31 Å². The van der Waals surface area contributed by atoms with Gasteiger partial charge in [0.1, 0.15) is 0 Å². The van der Waals surface area contributed by atoms with Gasteiger partial charge in [-0.05, 0) is 56.2 Å². The zero-order valence-electron chi connectivity index (χ0n) is 13.5. The standard InChI is InChI=1S/C18H17BrN2O2S/c1-13-3-6-16(7-4-13)24(22,23)21-17-8-5-15(19)11-14(17)12-18(21,2)9-10-20/h3-8,11H,9,12H2,1-2H3. The van der Waals surface area contributed by atoms with Gasteiger partial charge in [-0.2, -0.15) is 5.26 Å². The molecule has 0 saturated heterocycles. The van der Waals surface area contributed by atoms with Crippen LogP contribution in [-0.2, 0) is 16.4 Å². The van der Waals surface area contributed by atoms with E-state index in [4.69, 9.17) is 0 Å². The number of hydrogen-bond donors (Lipinski definition) is 0. The average Bonchev–Trinajstić information content (AvgIpc) is 2.79. The Morgan fingerprint density at radius 1 is 1.25 bits per heavy atom. The van der Waals surface area contributed by atoms with Crippen molar-refractivity contribution < 1.29 is 8.42 Å². The highest BCUT2D eigenvalue weighted by atomic mass is 79.9. The van der Waals surface area contributed by atoms with Gasteiger partial charge in [0.15, 0.2) is 0 Å². The third-order valence-corrected chi connectivity index (χ3v) is 6.82. The van der Waals surface area contributed by atoms with Crippen molar-refractivity contribution in [2.45, 2.75) is 37.1 Å². The van der Waals surface area contributed by atoms with Gasteiger partial charge in [-0.3, -0.25) is 4.31 Å². The lowest BCUT2D eigenvalue weighted by atomic mass is 9.95. The van der Waals surface area contributed by atoms with Crippen molar-refractivity contribution >= 4 is 31.6 Å². The number of halogens is 1. The van der Waals surface area contributed by atoms with Crippen LogP contribution < -0.4 is 4.31 Å². The summed E-state index contributed by atoms with van der Waals surface area (Å²) in [5.41, 5.74) is 1.79. The SMILES string of the molecule is Cc1ccc(S(=O)(=O)N2c3ccc(Br)cc3CC2(C)CC#N)cc1. The summed E-state index contributed by atoms with van der Waals surface area (Å²) in [6, 6.07) is 14.5. The Kier molecular flexibility index (Phi) is 4.18. The van der Waals surface area contributed by atoms with Crippen LogP contribution in [0.4, 0.5) is 5.69 Å². The maximum Gasteiger partial charge on any atom is 0.264 e. The Morgan fingerprint density at radius 3 is 2.54 bits per heavy atom. The minimum atomic E-state index is -3.74. The first-order chi connectivity index (χ1) is 11.3. The number of benzene rings is 2. The number of hydrogen-bond acceptors (Lipinski definition) is 3. The van der Waals surface area contributed by atoms with Crippen LogP contribution in [0.3, 0.4) is 0 Å². The summed E-state index contributed by atoms with van der Waals surface area (Å²) in [7, 11) is -3.74. The molecule has 124 valence electrons. The van der Waals surface area contributed by atoms with Gasteiger partial charge < -0.3 is 0 Å². The number of nitrogens with zero attached hydrogens (tertiary/aromatic N) is 2. The fourth-order valence-electron chi connectivity index (χ4n) is 3.21. The zero-order chi connectivity index (χ0) is 17.5. The van der Waals surface area contributed by atoms with Crippen LogP contribution >= 0.6 is 15.9 Å². The number of aryl methyl sites for hydroxylation is 1. The van der Waals surface area contributed by atoms with Crippen molar-refractivity contribution in [3.8, 4) is 6.07 Å². The largest absolute Gasteiger partial charge is 0.264 e. The Morgan fingerprint density at radius 2 is 1.92 bits per heavy atom. The molecule has 4 nitrogen and oxygen atoms in total. The normalized spacial score (nSPS) is 19.8. The molecule has 0 saturated carbocycles. The molecule has 2 aromatic rings. The molecule has 0 amide bonds. The zero-order valence-corrected chi connectivity index (χ0v) is 15.9. The van der Waals surface area contributed by atoms with Crippen LogP contribution in [0.1, 0.15) is 24.5 Å². The number of fused-ring (bicyclic) bond motifs is 1. The molecule has 0 aromatic heterocycles. The number of sulfonamides is 1. The molecule has 3 rings (SSSR count). The van der Waals surface area contributed by atoms with Gasteiger partial charge in [0, 0.05) is 4.47 Å². The Bertz CT molecular complexity index is 932. The topological polar surface area (TPSA) is 61.2 Å². The summed E-state index contributed by atoms with van der Waals surface area (Å²) in [4.78, 5) is 0.244. The third kappa shape index (κ3) is 2.72. The number of nitriles is 1. The van der Waals surface area contributed by atoms with E-state index in [1.54, 1.807) is 30.3 Å². The molecule has 0 N–H and O–H groups in total. The molecular formula is C18H17BrN2O2S. The lowest BCUT2D eigenvalue weighted by Gasteiger charge is -2.34. The van der Waals surface area contributed by atoms with E-state index in [9.17, 15) is 13.7 Å². The van der Waals surface area contributed by atoms with Crippen molar-refractivity contribution in [3.63, 3.8) is 0 Å². The predicted molar refractivity (Wildman–Crippen MR) is 97.3 cm³/mol. The summed E-state index contributed by atoms with van der Waals surface area (Å²) in [5, 5.41) is 9.24. The van der Waals surface area contributed by atoms with Crippen LogP contribution in [-0.4, -0.2) is 14.0 Å². The molecule has 0 fully saturated rings. The summed E-state index contributed by atoms with van der Waals surface area (Å²) in [6.07, 6.45) is 0.644. The van der Waals surface area contributed by atoms with Gasteiger partial charge in [0.2, 0.25) is 0 Å². The summed E-state index contributed by atoms with van der Waals surface area (Å²) < 4.78 is 28.9. The molecule has 2 aromatic carbocycles. The summed E-state index contributed by atoms with van der Waals surface area (Å²) in [6.45, 7) is 3.74. The van der Waals surface area contributed by atoms with E-state index in [2.05, 4.69) is 22.0 Å². The Balaban J connectivity index is 2.19. The van der Waals surface area contributed by atoms with Crippen molar-refractivity contribution in [1.29, 1.82) is 5.26 Å². The first-order valence-electron chi connectivity index (χ1n) is 7.55. The fourth-order valence-corrected chi connectivity index (χ4v) is 5.45. The fraction of sp³-hybridized carbons (Fsp3) is 0.278. The molecule has 6 heteroatoms. The minimum absolute atomic E-state index is 0.129. The van der Waals surface area contributed by atoms with Gasteiger partial charge in [-0.15, -0.1) is 0 Å². The molecule has 0 radical (unpaired) electrons. The Labute approximate surface area is 150 Å². The lowest BCUT2D eigenvalue weighted by molar-refractivity contribution is 0.490. The van der Waals surface area contributed by atoms with Gasteiger partial charge >= 0.3 is 0 Å². The van der Waals surface area contributed by atoms with Crippen LogP contribution in [0.5, 0.6) is 0 Å². The van der Waals surface area contributed by atoms with Crippen molar-refractivity contribution in [2.24, 2.45) is 0 Å². The highest BCUT2D eigenvalue weighted by molar-refractivity contribution is 9.10. The molecule has 1 atom stereocenters. The molecular weight excluding hydrogens is 388 g/mol. The molecule has 1 aliphatic heterocycles. The summed E-state index contributed by atoms with van der Waals surface area (Å²) >= 11 is 3.43. The molecule has 0 spiro atoms. The van der Waals surface area contributed by atoms with E-state index in [0.717, 1.165) is 15.6 Å². The molecule has 1 heterocycles. The number of anilines is 1. The van der Waals surface area contributed by atoms with Crippen molar-refractivity contribution in [2.75, 3.05) is 4.31 Å². The molecule has 0 aliphatic carbocycles. The lowest BCUT2D eigenvalue weighted by Crippen LogP contribution is -2.47. The molecule has 24 heavy (non-hydrogen) atoms. The van der Waals surface area contributed by atoms with E-state index in [1.807, 2.05) is 26.0 Å². The maximum absolute atomic E-state index is 13.3. The first-order valence-corrected chi connectivity index (χ1v) is 9.79. The highest BCUT2D eigenvalue weighted by Crippen LogP contribution is 2.45. The van der Waals surface area contributed by atoms with Gasteiger partial charge in [-0.1, -0.05) is 33.6 Å². The van der Waals surface area contributed by atoms with Gasteiger partial charge in [0.05, 0.1) is 28.6 Å². The van der Waals surface area contributed by atoms with Crippen molar-refractivity contribution in [1.82, 2.24) is 0 Å². The Hall–Kier alpha value is -1.84. The summed E-state index contributed by atoms with van der Waals surface area (Å²) in [5.74, 6) is 0. The minimum Gasteiger partial charge on any atom is -0.259 e. The second-order valence-electron chi connectivity index (χ2n) is 6.36. The van der Waals surface area contributed by atoms with E-state index >= 15 is 0 Å². The molecule has 1 unspecified atom stereocenters. The quantitative estimate of drug-likeness (QED) is 0.770. The first kappa shape index (κ1) is 17.0. The average molecular weight is 405 g/mol. The van der Waals surface area contributed by atoms with Crippen LogP contribution in [0.15, 0.2) is 51.8 Å².